The van der Waals surface area contributed by atoms with Crippen molar-refractivity contribution < 1.29 is 14.3 Å². The predicted octanol–water partition coefficient (Wildman–Crippen LogP) is 4.27. The lowest BCUT2D eigenvalue weighted by Gasteiger charge is -2.08. The summed E-state index contributed by atoms with van der Waals surface area (Å²) in [6.07, 6.45) is 0. The maximum Gasteiger partial charge on any atom is 0.338 e. The second-order valence-electron chi connectivity index (χ2n) is 6.48. The predicted molar refractivity (Wildman–Crippen MR) is 112 cm³/mol. The van der Waals surface area contributed by atoms with Crippen LogP contribution in [0, 0.1) is 13.8 Å². The number of aryl methyl sites for hydroxylation is 2. The number of aromatic nitrogens is 2. The van der Waals surface area contributed by atoms with Gasteiger partial charge in [0, 0.05) is 11.4 Å². The normalized spacial score (nSPS) is 10.3. The van der Waals surface area contributed by atoms with Crippen LogP contribution in [0.2, 0.25) is 0 Å². The number of hydrogen-bond acceptors (Lipinski definition) is 6. The smallest absolute Gasteiger partial charge is 0.338 e. The number of carbonyl (C=O) groups excluding carboxylic acids is 2. The van der Waals surface area contributed by atoms with Crippen molar-refractivity contribution in [3.8, 4) is 0 Å². The summed E-state index contributed by atoms with van der Waals surface area (Å²) in [6.45, 7) is 6.15. The summed E-state index contributed by atoms with van der Waals surface area (Å²) in [4.78, 5) is 24.0. The van der Waals surface area contributed by atoms with Gasteiger partial charge >= 0.3 is 5.97 Å². The van der Waals surface area contributed by atoms with Crippen molar-refractivity contribution in [1.82, 2.24) is 10.2 Å². The molecule has 0 aliphatic carbocycles. The van der Waals surface area contributed by atoms with Crippen LogP contribution in [0.15, 0.2) is 54.6 Å². The molecule has 0 aliphatic heterocycles. The Bertz CT molecular complexity index is 1020. The average Bonchev–Trinajstić information content (AvgIpc) is 2.72. The van der Waals surface area contributed by atoms with Crippen LogP contribution < -0.4 is 10.6 Å². The van der Waals surface area contributed by atoms with E-state index < -0.39 is 5.97 Å². The first kappa shape index (κ1) is 20.0. The van der Waals surface area contributed by atoms with E-state index in [1.807, 2.05) is 25.1 Å². The lowest BCUT2D eigenvalue weighted by atomic mass is 10.1. The Labute approximate surface area is 169 Å². The van der Waals surface area contributed by atoms with E-state index in [0.717, 1.165) is 5.69 Å². The minimum Gasteiger partial charge on any atom is -0.462 e. The van der Waals surface area contributed by atoms with E-state index in [9.17, 15) is 9.59 Å². The lowest BCUT2D eigenvalue weighted by Crippen LogP contribution is -2.14. The standard InChI is InChI=1S/C22H22N4O3/c1-4-29-22(28)16-6-9-17(10-7-16)24-21(27)19-11-12-20(26-25-19)23-18-8-5-14(2)15(3)13-18/h5-13H,4H2,1-3H3,(H,23,26)(H,24,27). The van der Waals surface area contributed by atoms with Crippen molar-refractivity contribution in [2.24, 2.45) is 0 Å². The number of nitrogens with zero attached hydrogens (tertiary/aromatic N) is 2. The van der Waals surface area contributed by atoms with E-state index in [4.69, 9.17) is 4.74 Å². The maximum absolute atomic E-state index is 12.4. The fraction of sp³-hybridized carbons (Fsp3) is 0.182. The highest BCUT2D eigenvalue weighted by Crippen LogP contribution is 2.18. The molecule has 29 heavy (non-hydrogen) atoms. The minimum atomic E-state index is -0.400. The molecule has 1 amide bonds. The third kappa shape index (κ3) is 5.16. The molecule has 1 heterocycles. The minimum absolute atomic E-state index is 0.185. The number of nitrogens with one attached hydrogen (secondary N) is 2. The summed E-state index contributed by atoms with van der Waals surface area (Å²) in [6, 6.07) is 15.8. The van der Waals surface area contributed by atoms with Crippen molar-refractivity contribution in [3.05, 3.63) is 77.0 Å². The Hall–Kier alpha value is -3.74. The molecule has 0 radical (unpaired) electrons. The number of amides is 1. The Balaban J connectivity index is 1.62. The molecule has 7 nitrogen and oxygen atoms in total. The quantitative estimate of drug-likeness (QED) is 0.611. The Kier molecular flexibility index (Phi) is 6.19. The molecule has 0 saturated carbocycles. The van der Waals surface area contributed by atoms with Crippen molar-refractivity contribution >= 4 is 29.1 Å². The second-order valence-corrected chi connectivity index (χ2v) is 6.48. The fourth-order valence-electron chi connectivity index (χ4n) is 2.59. The van der Waals surface area contributed by atoms with Crippen molar-refractivity contribution in [3.63, 3.8) is 0 Å². The number of ether oxygens (including phenoxy) is 1. The molecule has 148 valence electrons. The van der Waals surface area contributed by atoms with Crippen LogP contribution in [-0.2, 0) is 4.74 Å². The van der Waals surface area contributed by atoms with Crippen LogP contribution in [0.25, 0.3) is 0 Å². The monoisotopic (exact) mass is 390 g/mol. The van der Waals surface area contributed by atoms with Crippen LogP contribution in [0.1, 0.15) is 38.9 Å². The fourth-order valence-corrected chi connectivity index (χ4v) is 2.59. The summed E-state index contributed by atoms with van der Waals surface area (Å²) in [7, 11) is 0. The molecule has 1 aromatic heterocycles. The number of rotatable bonds is 6. The zero-order valence-electron chi connectivity index (χ0n) is 16.5. The number of carbonyl (C=O) groups is 2. The van der Waals surface area contributed by atoms with Crippen molar-refractivity contribution in [1.29, 1.82) is 0 Å². The van der Waals surface area contributed by atoms with Gasteiger partial charge in [0.2, 0.25) is 0 Å². The molecule has 0 spiro atoms. The zero-order chi connectivity index (χ0) is 20.8. The van der Waals surface area contributed by atoms with Crippen LogP contribution in [-0.4, -0.2) is 28.7 Å². The number of anilines is 3. The second kappa shape index (κ2) is 8.97. The van der Waals surface area contributed by atoms with Gasteiger partial charge in [-0.2, -0.15) is 0 Å². The number of benzene rings is 2. The van der Waals surface area contributed by atoms with E-state index in [2.05, 4.69) is 27.8 Å². The van der Waals surface area contributed by atoms with Gasteiger partial charge in [-0.25, -0.2) is 4.79 Å². The first-order valence-corrected chi connectivity index (χ1v) is 9.23. The van der Waals surface area contributed by atoms with Crippen LogP contribution >= 0.6 is 0 Å². The van der Waals surface area contributed by atoms with E-state index in [1.165, 1.54) is 11.1 Å². The molecule has 0 saturated heterocycles. The van der Waals surface area contributed by atoms with Gasteiger partial charge in [0.15, 0.2) is 11.5 Å². The van der Waals surface area contributed by atoms with Gasteiger partial charge in [-0.15, -0.1) is 10.2 Å². The summed E-state index contributed by atoms with van der Waals surface area (Å²) in [5.41, 5.74) is 4.44. The lowest BCUT2D eigenvalue weighted by molar-refractivity contribution is 0.0526. The summed E-state index contributed by atoms with van der Waals surface area (Å²) >= 11 is 0. The summed E-state index contributed by atoms with van der Waals surface area (Å²) < 4.78 is 4.93. The molecule has 0 bridgehead atoms. The average molecular weight is 390 g/mol. The van der Waals surface area contributed by atoms with E-state index in [-0.39, 0.29) is 11.6 Å². The molecule has 2 aromatic carbocycles. The first-order chi connectivity index (χ1) is 14.0. The first-order valence-electron chi connectivity index (χ1n) is 9.23. The van der Waals surface area contributed by atoms with Crippen LogP contribution in [0.4, 0.5) is 17.2 Å². The zero-order valence-corrected chi connectivity index (χ0v) is 16.5. The van der Waals surface area contributed by atoms with Gasteiger partial charge < -0.3 is 15.4 Å². The molecule has 0 aliphatic rings. The molecule has 0 atom stereocenters. The third-order valence-electron chi connectivity index (χ3n) is 4.33. The summed E-state index contributed by atoms with van der Waals surface area (Å²) in [5.74, 6) is -0.245. The van der Waals surface area contributed by atoms with Crippen molar-refractivity contribution in [2.75, 3.05) is 17.2 Å². The van der Waals surface area contributed by atoms with E-state index in [1.54, 1.807) is 43.3 Å². The SMILES string of the molecule is CCOC(=O)c1ccc(NC(=O)c2ccc(Nc3ccc(C)c(C)c3)nn2)cc1. The van der Waals surface area contributed by atoms with Gasteiger partial charge in [0.1, 0.15) is 0 Å². The number of hydrogen-bond donors (Lipinski definition) is 2. The molecule has 0 fully saturated rings. The Morgan fingerprint density at radius 2 is 1.62 bits per heavy atom. The number of esters is 1. The molecule has 0 unspecified atom stereocenters. The van der Waals surface area contributed by atoms with Gasteiger partial charge in [-0.1, -0.05) is 6.07 Å². The molecular formula is C22H22N4O3. The molecule has 2 N–H and O–H groups in total. The van der Waals surface area contributed by atoms with E-state index in [0.29, 0.717) is 23.7 Å². The molecule has 7 heteroatoms. The molecule has 3 aromatic rings. The topological polar surface area (TPSA) is 93.2 Å². The largest absolute Gasteiger partial charge is 0.462 e. The van der Waals surface area contributed by atoms with Crippen LogP contribution in [0.5, 0.6) is 0 Å². The van der Waals surface area contributed by atoms with Crippen molar-refractivity contribution in [2.45, 2.75) is 20.8 Å². The van der Waals surface area contributed by atoms with Crippen LogP contribution in [0.3, 0.4) is 0 Å². The van der Waals surface area contributed by atoms with Gasteiger partial charge in [-0.05, 0) is 80.4 Å². The van der Waals surface area contributed by atoms with Gasteiger partial charge in [0.05, 0.1) is 12.2 Å². The van der Waals surface area contributed by atoms with Gasteiger partial charge in [-0.3, -0.25) is 4.79 Å². The highest BCUT2D eigenvalue weighted by atomic mass is 16.5. The summed E-state index contributed by atoms with van der Waals surface area (Å²) in [5, 5.41) is 13.9. The third-order valence-corrected chi connectivity index (χ3v) is 4.33. The van der Waals surface area contributed by atoms with E-state index >= 15 is 0 Å². The molecular weight excluding hydrogens is 368 g/mol. The Morgan fingerprint density at radius 1 is 0.897 bits per heavy atom. The highest BCUT2D eigenvalue weighted by Gasteiger charge is 2.11. The maximum atomic E-state index is 12.4. The van der Waals surface area contributed by atoms with Gasteiger partial charge in [0.25, 0.3) is 5.91 Å². The Morgan fingerprint density at radius 3 is 2.24 bits per heavy atom. The molecule has 3 rings (SSSR count). The highest BCUT2D eigenvalue weighted by molar-refractivity contribution is 6.03.